The van der Waals surface area contributed by atoms with E-state index in [0.717, 1.165) is 18.4 Å². The lowest BCUT2D eigenvalue weighted by Crippen LogP contribution is -2.25. The monoisotopic (exact) mass is 326 g/mol. The number of nitrogens with one attached hydrogen (secondary N) is 1. The highest BCUT2D eigenvalue weighted by molar-refractivity contribution is 5.99. The number of aromatic hydroxyl groups is 1. The Balaban J connectivity index is 2.52. The number of benzene rings is 1. The number of rotatable bonds is 5. The van der Waals surface area contributed by atoms with Crippen LogP contribution < -0.4 is 5.32 Å². The number of nitrogens with zero attached hydrogens (tertiary/aromatic N) is 1. The topological polar surface area (TPSA) is 62.2 Å². The number of hydrogen-bond acceptors (Lipinski definition) is 3. The summed E-state index contributed by atoms with van der Waals surface area (Å²) in [7, 11) is 0. The average Bonchev–Trinajstić information content (AvgIpc) is 2.55. The number of phenols is 1. The molecular formula is C20H26N2O2. The third-order valence-corrected chi connectivity index (χ3v) is 3.98. The van der Waals surface area contributed by atoms with E-state index in [1.165, 1.54) is 0 Å². The SMILES string of the molecule is CCCCNC(=O)c1cc(C(C)(C)C)cc(-c2ccccn2)c1O. The zero-order valence-electron chi connectivity index (χ0n) is 14.9. The third-order valence-electron chi connectivity index (χ3n) is 3.98. The van der Waals surface area contributed by atoms with Gasteiger partial charge in [-0.3, -0.25) is 9.78 Å². The molecule has 2 aromatic rings. The molecule has 0 saturated heterocycles. The van der Waals surface area contributed by atoms with E-state index in [-0.39, 0.29) is 17.1 Å². The molecule has 0 bridgehead atoms. The smallest absolute Gasteiger partial charge is 0.255 e. The molecule has 0 aliphatic heterocycles. The molecule has 0 saturated carbocycles. The van der Waals surface area contributed by atoms with Gasteiger partial charge < -0.3 is 10.4 Å². The number of amides is 1. The molecule has 24 heavy (non-hydrogen) atoms. The fourth-order valence-corrected chi connectivity index (χ4v) is 2.43. The second-order valence-electron chi connectivity index (χ2n) is 6.99. The standard InChI is InChI=1S/C20H26N2O2/c1-5-6-10-22-19(24)16-13-14(20(2,3)4)12-15(18(16)23)17-9-7-8-11-21-17/h7-9,11-13,23H,5-6,10H2,1-4H3,(H,22,24). The Labute approximate surface area is 143 Å². The van der Waals surface area contributed by atoms with Crippen molar-refractivity contribution in [1.82, 2.24) is 10.3 Å². The predicted octanol–water partition coefficient (Wildman–Crippen LogP) is 4.28. The largest absolute Gasteiger partial charge is 0.506 e. The van der Waals surface area contributed by atoms with Gasteiger partial charge in [0, 0.05) is 18.3 Å². The van der Waals surface area contributed by atoms with Gasteiger partial charge in [0.25, 0.3) is 5.91 Å². The fraction of sp³-hybridized carbons (Fsp3) is 0.400. The number of hydrogen-bond donors (Lipinski definition) is 2. The molecule has 128 valence electrons. The molecule has 0 atom stereocenters. The van der Waals surface area contributed by atoms with Crippen LogP contribution in [0.2, 0.25) is 0 Å². The summed E-state index contributed by atoms with van der Waals surface area (Å²) in [5, 5.41) is 13.5. The van der Waals surface area contributed by atoms with Crippen LogP contribution in [0, 0.1) is 0 Å². The van der Waals surface area contributed by atoms with E-state index in [0.29, 0.717) is 23.4 Å². The summed E-state index contributed by atoms with van der Waals surface area (Å²) in [4.78, 5) is 16.8. The van der Waals surface area contributed by atoms with Crippen molar-refractivity contribution in [3.63, 3.8) is 0 Å². The molecule has 2 rings (SSSR count). The van der Waals surface area contributed by atoms with Crippen LogP contribution in [-0.4, -0.2) is 22.5 Å². The van der Waals surface area contributed by atoms with Crippen molar-refractivity contribution < 1.29 is 9.90 Å². The number of carbonyl (C=O) groups excluding carboxylic acids is 1. The molecule has 2 N–H and O–H groups in total. The van der Waals surface area contributed by atoms with Gasteiger partial charge >= 0.3 is 0 Å². The van der Waals surface area contributed by atoms with Crippen molar-refractivity contribution in [3.8, 4) is 17.0 Å². The molecular weight excluding hydrogens is 300 g/mol. The van der Waals surface area contributed by atoms with Crippen LogP contribution >= 0.6 is 0 Å². The molecule has 0 radical (unpaired) electrons. The maximum absolute atomic E-state index is 12.5. The lowest BCUT2D eigenvalue weighted by atomic mass is 9.84. The van der Waals surface area contributed by atoms with Gasteiger partial charge in [-0.2, -0.15) is 0 Å². The maximum atomic E-state index is 12.5. The van der Waals surface area contributed by atoms with Gasteiger partial charge in [-0.1, -0.05) is 40.2 Å². The third kappa shape index (κ3) is 4.13. The van der Waals surface area contributed by atoms with E-state index >= 15 is 0 Å². The summed E-state index contributed by atoms with van der Waals surface area (Å²) < 4.78 is 0. The number of carbonyl (C=O) groups is 1. The molecule has 0 aliphatic carbocycles. The van der Waals surface area contributed by atoms with E-state index in [1.54, 1.807) is 12.3 Å². The second-order valence-corrected chi connectivity index (χ2v) is 6.99. The van der Waals surface area contributed by atoms with E-state index < -0.39 is 0 Å². The molecule has 1 aromatic heterocycles. The molecule has 1 heterocycles. The van der Waals surface area contributed by atoms with Crippen LogP contribution in [0.25, 0.3) is 11.3 Å². The van der Waals surface area contributed by atoms with Gasteiger partial charge in [-0.25, -0.2) is 0 Å². The number of unbranched alkanes of at least 4 members (excludes halogenated alkanes) is 1. The van der Waals surface area contributed by atoms with E-state index in [9.17, 15) is 9.90 Å². The molecule has 1 amide bonds. The number of pyridine rings is 1. The van der Waals surface area contributed by atoms with Gasteiger partial charge in [0.15, 0.2) is 0 Å². The highest BCUT2D eigenvalue weighted by Gasteiger charge is 2.22. The zero-order valence-corrected chi connectivity index (χ0v) is 14.9. The van der Waals surface area contributed by atoms with Crippen LogP contribution in [-0.2, 0) is 5.41 Å². The minimum absolute atomic E-state index is 0.0179. The van der Waals surface area contributed by atoms with Gasteiger partial charge in [-0.15, -0.1) is 0 Å². The molecule has 1 aromatic carbocycles. The van der Waals surface area contributed by atoms with E-state index in [1.807, 2.05) is 24.3 Å². The Morgan fingerprint density at radius 1 is 1.25 bits per heavy atom. The Bertz CT molecular complexity index is 704. The van der Waals surface area contributed by atoms with Crippen LogP contribution in [0.4, 0.5) is 0 Å². The Kier molecular flexibility index (Phi) is 5.60. The first-order valence-electron chi connectivity index (χ1n) is 8.41. The zero-order chi connectivity index (χ0) is 17.7. The Hall–Kier alpha value is -2.36. The van der Waals surface area contributed by atoms with E-state index in [4.69, 9.17) is 0 Å². The van der Waals surface area contributed by atoms with Crippen molar-refractivity contribution in [2.75, 3.05) is 6.54 Å². The quantitative estimate of drug-likeness (QED) is 0.806. The summed E-state index contributed by atoms with van der Waals surface area (Å²) >= 11 is 0. The van der Waals surface area contributed by atoms with Crippen LogP contribution in [0.5, 0.6) is 5.75 Å². The summed E-state index contributed by atoms with van der Waals surface area (Å²) in [5.41, 5.74) is 2.39. The van der Waals surface area contributed by atoms with Crippen LogP contribution in [0.15, 0.2) is 36.5 Å². The normalized spacial score (nSPS) is 11.3. The van der Waals surface area contributed by atoms with Crippen LogP contribution in [0.3, 0.4) is 0 Å². The Morgan fingerprint density at radius 2 is 2.00 bits per heavy atom. The first-order chi connectivity index (χ1) is 11.3. The number of aromatic nitrogens is 1. The van der Waals surface area contributed by atoms with Crippen LogP contribution in [0.1, 0.15) is 56.5 Å². The molecule has 0 fully saturated rings. The second kappa shape index (κ2) is 7.47. The van der Waals surface area contributed by atoms with Crippen molar-refractivity contribution in [2.45, 2.75) is 46.0 Å². The lowest BCUT2D eigenvalue weighted by molar-refractivity contribution is 0.0950. The summed E-state index contributed by atoms with van der Waals surface area (Å²) in [6.07, 6.45) is 3.60. The Morgan fingerprint density at radius 3 is 2.58 bits per heavy atom. The lowest BCUT2D eigenvalue weighted by Gasteiger charge is -2.22. The predicted molar refractivity (Wildman–Crippen MR) is 97.3 cm³/mol. The highest BCUT2D eigenvalue weighted by Crippen LogP contribution is 2.36. The van der Waals surface area contributed by atoms with E-state index in [2.05, 4.69) is 38.0 Å². The first kappa shape index (κ1) is 18.0. The van der Waals surface area contributed by atoms with Gasteiger partial charge in [-0.05, 0) is 41.7 Å². The maximum Gasteiger partial charge on any atom is 0.255 e. The van der Waals surface area contributed by atoms with Gasteiger partial charge in [0.1, 0.15) is 5.75 Å². The molecule has 4 nitrogen and oxygen atoms in total. The average molecular weight is 326 g/mol. The summed E-state index contributed by atoms with van der Waals surface area (Å²) in [6.45, 7) is 8.93. The van der Waals surface area contributed by atoms with Gasteiger partial charge in [0.05, 0.1) is 11.3 Å². The molecule has 4 heteroatoms. The van der Waals surface area contributed by atoms with Crippen molar-refractivity contribution in [3.05, 3.63) is 47.7 Å². The molecule has 0 unspecified atom stereocenters. The number of phenolic OH excluding ortho intramolecular Hbond substituents is 1. The van der Waals surface area contributed by atoms with Crippen molar-refractivity contribution >= 4 is 5.91 Å². The van der Waals surface area contributed by atoms with Gasteiger partial charge in [0.2, 0.25) is 0 Å². The minimum atomic E-state index is -0.246. The first-order valence-corrected chi connectivity index (χ1v) is 8.41. The van der Waals surface area contributed by atoms with Crippen molar-refractivity contribution in [2.24, 2.45) is 0 Å². The molecule has 0 aliphatic rings. The molecule has 0 spiro atoms. The summed E-state index contributed by atoms with van der Waals surface area (Å²) in [6, 6.07) is 9.23. The highest BCUT2D eigenvalue weighted by atomic mass is 16.3. The minimum Gasteiger partial charge on any atom is -0.506 e. The summed E-state index contributed by atoms with van der Waals surface area (Å²) in [5.74, 6) is -0.264. The van der Waals surface area contributed by atoms with Crippen molar-refractivity contribution in [1.29, 1.82) is 0 Å². The fourth-order valence-electron chi connectivity index (χ4n) is 2.43.